The molecule has 2 aromatic carbocycles. The van der Waals surface area contributed by atoms with Gasteiger partial charge in [0.25, 0.3) is 5.91 Å². The van der Waals surface area contributed by atoms with Crippen LogP contribution in [-0.4, -0.2) is 39.9 Å². The largest absolute Gasteiger partial charge is 0.493 e. The van der Waals surface area contributed by atoms with Crippen molar-refractivity contribution in [3.05, 3.63) is 65.1 Å². The number of hydrogen-bond acceptors (Lipinski definition) is 6. The molecule has 1 amide bonds. The van der Waals surface area contributed by atoms with Crippen LogP contribution in [0.3, 0.4) is 0 Å². The van der Waals surface area contributed by atoms with Crippen molar-refractivity contribution in [3.63, 3.8) is 0 Å². The van der Waals surface area contributed by atoms with Crippen molar-refractivity contribution in [1.29, 1.82) is 0 Å². The van der Waals surface area contributed by atoms with E-state index in [0.29, 0.717) is 40.5 Å². The topological polar surface area (TPSA) is 90.6 Å². The van der Waals surface area contributed by atoms with Crippen LogP contribution in [0.15, 0.2) is 42.5 Å². The number of fused-ring (bicyclic) bond motifs is 1. The summed E-state index contributed by atoms with van der Waals surface area (Å²) in [6, 6.07) is 10.1. The van der Waals surface area contributed by atoms with Gasteiger partial charge in [-0.15, -0.1) is 10.2 Å². The normalized spacial score (nSPS) is 11.5. The van der Waals surface area contributed by atoms with Gasteiger partial charge in [0.1, 0.15) is 0 Å². The van der Waals surface area contributed by atoms with E-state index >= 15 is 0 Å². The van der Waals surface area contributed by atoms with Gasteiger partial charge in [0.2, 0.25) is 0 Å². The smallest absolute Gasteiger partial charge is 0.418 e. The maximum absolute atomic E-state index is 13.3. The highest BCUT2D eigenvalue weighted by molar-refractivity contribution is 6.04. The molecule has 2 aromatic heterocycles. The summed E-state index contributed by atoms with van der Waals surface area (Å²) in [5.74, 6) is 0.261. The molecule has 2 heterocycles. The lowest BCUT2D eigenvalue weighted by Gasteiger charge is -2.14. The lowest BCUT2D eigenvalue weighted by molar-refractivity contribution is -0.136. The van der Waals surface area contributed by atoms with Crippen LogP contribution >= 0.6 is 0 Å². The molecule has 0 fully saturated rings. The fourth-order valence-corrected chi connectivity index (χ4v) is 3.81. The van der Waals surface area contributed by atoms with Crippen LogP contribution in [0.2, 0.25) is 0 Å². The first-order valence-electron chi connectivity index (χ1n) is 10.6. The van der Waals surface area contributed by atoms with E-state index in [4.69, 9.17) is 9.47 Å². The molecule has 4 rings (SSSR count). The van der Waals surface area contributed by atoms with Crippen molar-refractivity contribution >= 4 is 17.2 Å². The van der Waals surface area contributed by atoms with Gasteiger partial charge >= 0.3 is 6.18 Å². The maximum atomic E-state index is 13.3. The molecule has 4 aromatic rings. The number of halogens is 3. The number of para-hydroxylation sites is 1. The number of anilines is 1. The molecular weight excluding hydrogens is 463 g/mol. The van der Waals surface area contributed by atoms with Crippen LogP contribution in [-0.2, 0) is 12.6 Å². The van der Waals surface area contributed by atoms with Crippen LogP contribution in [0.4, 0.5) is 18.9 Å². The number of aryl methyl sites for hydroxylation is 2. The van der Waals surface area contributed by atoms with Crippen molar-refractivity contribution in [2.75, 3.05) is 19.5 Å². The highest BCUT2D eigenvalue weighted by atomic mass is 19.4. The first kappa shape index (κ1) is 24.0. The van der Waals surface area contributed by atoms with Crippen molar-refractivity contribution in [3.8, 4) is 22.6 Å². The van der Waals surface area contributed by atoms with Crippen LogP contribution in [0, 0.1) is 6.92 Å². The lowest BCUT2D eigenvalue weighted by atomic mass is 10.0. The molecule has 0 aliphatic carbocycles. The third-order valence-electron chi connectivity index (χ3n) is 5.54. The molecule has 1 N–H and O–H groups in total. The number of alkyl halides is 3. The number of aromatic nitrogens is 4. The second-order valence-corrected chi connectivity index (χ2v) is 7.61. The van der Waals surface area contributed by atoms with Gasteiger partial charge in [-0.1, -0.05) is 25.1 Å². The molecule has 0 unspecified atom stereocenters. The number of carbonyl (C=O) groups is 1. The summed E-state index contributed by atoms with van der Waals surface area (Å²) in [7, 11) is 3.07. The summed E-state index contributed by atoms with van der Waals surface area (Å²) in [5, 5.41) is 15.2. The fourth-order valence-electron chi connectivity index (χ4n) is 3.81. The van der Waals surface area contributed by atoms with Gasteiger partial charge < -0.3 is 14.8 Å². The van der Waals surface area contributed by atoms with Crippen LogP contribution < -0.4 is 14.8 Å². The van der Waals surface area contributed by atoms with Crippen molar-refractivity contribution in [1.82, 2.24) is 19.8 Å². The summed E-state index contributed by atoms with van der Waals surface area (Å²) >= 11 is 0. The summed E-state index contributed by atoms with van der Waals surface area (Å²) in [4.78, 5) is 12.9. The predicted molar refractivity (Wildman–Crippen MR) is 123 cm³/mol. The standard InChI is InChI=1S/C24H22F3N5O3/c1-5-16-20(14-10-11-18(34-3)19(12-14)35-4)22-30-29-21(13(2)32(22)31-16)23(33)28-17-9-7-6-8-15(17)24(25,26)27/h6-12H,5H2,1-4H3,(H,28,33). The van der Waals surface area contributed by atoms with Gasteiger partial charge in [0, 0.05) is 0 Å². The molecule has 0 bridgehead atoms. The first-order valence-corrected chi connectivity index (χ1v) is 10.6. The zero-order chi connectivity index (χ0) is 25.3. The van der Waals surface area contributed by atoms with Crippen molar-refractivity contribution in [2.24, 2.45) is 0 Å². The molecular formula is C24H22F3N5O3. The zero-order valence-electron chi connectivity index (χ0n) is 19.4. The van der Waals surface area contributed by atoms with E-state index in [2.05, 4.69) is 20.6 Å². The van der Waals surface area contributed by atoms with Gasteiger partial charge in [-0.2, -0.15) is 18.3 Å². The van der Waals surface area contributed by atoms with E-state index in [-0.39, 0.29) is 11.4 Å². The number of methoxy groups -OCH3 is 2. The minimum absolute atomic E-state index is 0.140. The monoisotopic (exact) mass is 485 g/mol. The molecule has 0 aliphatic rings. The van der Waals surface area contributed by atoms with Gasteiger partial charge in [0.15, 0.2) is 22.8 Å². The number of hydrogen-bond donors (Lipinski definition) is 1. The van der Waals surface area contributed by atoms with Crippen molar-refractivity contribution in [2.45, 2.75) is 26.4 Å². The minimum atomic E-state index is -4.62. The van der Waals surface area contributed by atoms with Gasteiger partial charge in [-0.3, -0.25) is 4.79 Å². The third-order valence-corrected chi connectivity index (χ3v) is 5.54. The van der Waals surface area contributed by atoms with E-state index < -0.39 is 17.6 Å². The second-order valence-electron chi connectivity index (χ2n) is 7.61. The molecule has 0 saturated heterocycles. The molecule has 0 spiro atoms. The summed E-state index contributed by atoms with van der Waals surface area (Å²) in [6.07, 6.45) is -4.06. The molecule has 0 atom stereocenters. The highest BCUT2D eigenvalue weighted by Gasteiger charge is 2.34. The molecule has 8 nitrogen and oxygen atoms in total. The van der Waals surface area contributed by atoms with Crippen molar-refractivity contribution < 1.29 is 27.4 Å². The summed E-state index contributed by atoms with van der Waals surface area (Å²) in [5.41, 5.74) is 1.44. The average Bonchev–Trinajstić information content (AvgIpc) is 3.23. The molecule has 11 heteroatoms. The zero-order valence-corrected chi connectivity index (χ0v) is 19.4. The Hall–Kier alpha value is -4.15. The van der Waals surface area contributed by atoms with Gasteiger partial charge in [-0.25, -0.2) is 4.52 Å². The summed E-state index contributed by atoms with van der Waals surface area (Å²) < 4.78 is 52.2. The average molecular weight is 485 g/mol. The summed E-state index contributed by atoms with van der Waals surface area (Å²) in [6.45, 7) is 3.54. The number of rotatable bonds is 6. The fraction of sp³-hybridized carbons (Fsp3) is 0.250. The third kappa shape index (κ3) is 4.36. The Bertz CT molecular complexity index is 1420. The van der Waals surface area contributed by atoms with Crippen LogP contribution in [0.1, 0.15) is 34.4 Å². The Morgan fingerprint density at radius 1 is 1.06 bits per heavy atom. The van der Waals surface area contributed by atoms with E-state index in [1.54, 1.807) is 26.2 Å². The predicted octanol–water partition coefficient (Wildman–Crippen LogP) is 4.95. The Labute approximate surface area is 198 Å². The van der Waals surface area contributed by atoms with E-state index in [1.807, 2.05) is 13.0 Å². The molecule has 0 radical (unpaired) electrons. The van der Waals surface area contributed by atoms with Crippen LogP contribution in [0.25, 0.3) is 16.8 Å². The first-order chi connectivity index (χ1) is 16.7. The second kappa shape index (κ2) is 9.24. The van der Waals surface area contributed by atoms with E-state index in [0.717, 1.165) is 11.6 Å². The van der Waals surface area contributed by atoms with Gasteiger partial charge in [-0.05, 0) is 43.2 Å². The Morgan fingerprint density at radius 3 is 2.43 bits per heavy atom. The van der Waals surface area contributed by atoms with Crippen LogP contribution in [0.5, 0.6) is 11.5 Å². The van der Waals surface area contributed by atoms with E-state index in [1.165, 1.54) is 29.8 Å². The number of ether oxygens (including phenoxy) is 2. The number of carbonyl (C=O) groups excluding carboxylic acids is 1. The Balaban J connectivity index is 1.78. The molecule has 35 heavy (non-hydrogen) atoms. The highest BCUT2D eigenvalue weighted by Crippen LogP contribution is 2.36. The molecule has 0 saturated carbocycles. The Kier molecular flexibility index (Phi) is 6.33. The Morgan fingerprint density at radius 2 is 1.77 bits per heavy atom. The molecule has 182 valence electrons. The quantitative estimate of drug-likeness (QED) is 0.416. The molecule has 0 aliphatic heterocycles. The lowest BCUT2D eigenvalue weighted by Crippen LogP contribution is -2.20. The number of benzene rings is 2. The van der Waals surface area contributed by atoms with Gasteiger partial charge in [0.05, 0.1) is 42.4 Å². The number of nitrogens with zero attached hydrogens (tertiary/aromatic N) is 4. The van der Waals surface area contributed by atoms with E-state index in [9.17, 15) is 18.0 Å². The minimum Gasteiger partial charge on any atom is -0.493 e. The number of amides is 1. The maximum Gasteiger partial charge on any atom is 0.418 e. The number of nitrogens with one attached hydrogen (secondary N) is 1. The SMILES string of the molecule is CCc1nn2c(C)c(C(=O)Nc3ccccc3C(F)(F)F)nnc2c1-c1ccc(OC)c(OC)c1.